The largest absolute Gasteiger partial charge is 0.378 e. The number of hydrogen-bond acceptors (Lipinski definition) is 3. The van der Waals surface area contributed by atoms with Crippen molar-refractivity contribution in [1.29, 1.82) is 0 Å². The molecular formula is C10H17NO2. The minimum Gasteiger partial charge on any atom is -0.378 e. The molecular weight excluding hydrogens is 166 g/mol. The number of allylic oxidation sites excluding steroid dienone is 2. The second-order valence-electron chi connectivity index (χ2n) is 3.37. The first-order chi connectivity index (χ1) is 6.13. The van der Waals surface area contributed by atoms with Crippen LogP contribution in [0, 0.1) is 0 Å². The Hall–Kier alpha value is -0.830. The molecule has 0 unspecified atom stereocenters. The number of carbonyl (C=O) groups excluding carboxylic acids is 1. The van der Waals surface area contributed by atoms with Gasteiger partial charge in [-0.1, -0.05) is 0 Å². The average Bonchev–Trinajstić information content (AvgIpc) is 2.17. The molecule has 0 N–H and O–H groups in total. The molecule has 1 fully saturated rings. The topological polar surface area (TPSA) is 29.5 Å². The molecule has 1 rings (SSSR count). The Morgan fingerprint density at radius 2 is 1.69 bits per heavy atom. The molecule has 1 heterocycles. The molecule has 1 aliphatic heterocycles. The van der Waals surface area contributed by atoms with Crippen LogP contribution in [0.2, 0.25) is 0 Å². The lowest BCUT2D eigenvalue weighted by Gasteiger charge is -2.30. The highest BCUT2D eigenvalue weighted by atomic mass is 16.5. The summed E-state index contributed by atoms with van der Waals surface area (Å²) in [6.07, 6.45) is 0. The van der Waals surface area contributed by atoms with Gasteiger partial charge in [0.05, 0.1) is 13.2 Å². The average molecular weight is 183 g/mol. The van der Waals surface area contributed by atoms with Gasteiger partial charge in [0.2, 0.25) is 0 Å². The maximum Gasteiger partial charge on any atom is 0.157 e. The highest BCUT2D eigenvalue weighted by Gasteiger charge is 2.13. The van der Waals surface area contributed by atoms with Crippen molar-refractivity contribution in [3.05, 3.63) is 11.3 Å². The van der Waals surface area contributed by atoms with Crippen LogP contribution in [0.5, 0.6) is 0 Å². The SMILES string of the molecule is CC(=O)/C(C)=C(\C)N1CCOCC1. The number of hydrogen-bond donors (Lipinski definition) is 0. The van der Waals surface area contributed by atoms with Gasteiger partial charge in [0.1, 0.15) is 0 Å². The normalized spacial score (nSPS) is 19.8. The van der Waals surface area contributed by atoms with E-state index in [1.54, 1.807) is 6.92 Å². The first-order valence-corrected chi connectivity index (χ1v) is 4.64. The summed E-state index contributed by atoms with van der Waals surface area (Å²) in [5.74, 6) is 0.156. The number of carbonyl (C=O) groups is 1. The lowest BCUT2D eigenvalue weighted by molar-refractivity contribution is -0.113. The molecule has 3 nitrogen and oxygen atoms in total. The second kappa shape index (κ2) is 4.42. The fourth-order valence-electron chi connectivity index (χ4n) is 1.39. The predicted octanol–water partition coefficient (Wildman–Crippen LogP) is 1.20. The third-order valence-corrected chi connectivity index (χ3v) is 2.56. The summed E-state index contributed by atoms with van der Waals surface area (Å²) in [6.45, 7) is 8.83. The number of Topliss-reactive ketones (excluding diaryl/α,β-unsaturated/α-hetero) is 1. The lowest BCUT2D eigenvalue weighted by atomic mass is 10.1. The molecule has 0 bridgehead atoms. The van der Waals surface area contributed by atoms with E-state index in [-0.39, 0.29) is 5.78 Å². The molecule has 1 saturated heterocycles. The highest BCUT2D eigenvalue weighted by Crippen LogP contribution is 2.12. The predicted molar refractivity (Wildman–Crippen MR) is 51.4 cm³/mol. The summed E-state index contributed by atoms with van der Waals surface area (Å²) in [4.78, 5) is 13.3. The van der Waals surface area contributed by atoms with Gasteiger partial charge in [0, 0.05) is 24.4 Å². The zero-order valence-corrected chi connectivity index (χ0v) is 8.59. The van der Waals surface area contributed by atoms with Crippen molar-refractivity contribution in [3.8, 4) is 0 Å². The Morgan fingerprint density at radius 3 is 2.15 bits per heavy atom. The van der Waals surface area contributed by atoms with Crippen LogP contribution >= 0.6 is 0 Å². The Balaban J connectivity index is 2.68. The van der Waals surface area contributed by atoms with Crippen LogP contribution in [-0.4, -0.2) is 37.0 Å². The van der Waals surface area contributed by atoms with Crippen molar-refractivity contribution in [2.24, 2.45) is 0 Å². The number of ether oxygens (including phenoxy) is 1. The van der Waals surface area contributed by atoms with Crippen molar-refractivity contribution >= 4 is 5.78 Å². The third-order valence-electron chi connectivity index (χ3n) is 2.56. The van der Waals surface area contributed by atoms with E-state index in [1.165, 1.54) is 0 Å². The monoisotopic (exact) mass is 183 g/mol. The number of ketones is 1. The number of morpholine rings is 1. The molecule has 1 aliphatic rings. The molecule has 0 aromatic carbocycles. The van der Waals surface area contributed by atoms with E-state index < -0.39 is 0 Å². The van der Waals surface area contributed by atoms with Crippen molar-refractivity contribution < 1.29 is 9.53 Å². The second-order valence-corrected chi connectivity index (χ2v) is 3.37. The molecule has 0 aromatic heterocycles. The van der Waals surface area contributed by atoms with Crippen LogP contribution in [0.25, 0.3) is 0 Å². The minimum atomic E-state index is 0.156. The minimum absolute atomic E-state index is 0.156. The summed E-state index contributed by atoms with van der Waals surface area (Å²) in [7, 11) is 0. The molecule has 0 aliphatic carbocycles. The van der Waals surface area contributed by atoms with E-state index in [9.17, 15) is 4.79 Å². The van der Waals surface area contributed by atoms with E-state index >= 15 is 0 Å². The van der Waals surface area contributed by atoms with Gasteiger partial charge in [-0.05, 0) is 20.8 Å². The molecule has 0 spiro atoms. The molecule has 74 valence electrons. The van der Waals surface area contributed by atoms with Crippen LogP contribution in [0.3, 0.4) is 0 Å². The van der Waals surface area contributed by atoms with Gasteiger partial charge in [0.15, 0.2) is 5.78 Å². The van der Waals surface area contributed by atoms with Crippen LogP contribution in [-0.2, 0) is 9.53 Å². The maximum absolute atomic E-state index is 11.1. The number of nitrogens with zero attached hydrogens (tertiary/aromatic N) is 1. The van der Waals surface area contributed by atoms with Crippen LogP contribution < -0.4 is 0 Å². The summed E-state index contributed by atoms with van der Waals surface area (Å²) in [5.41, 5.74) is 1.96. The van der Waals surface area contributed by atoms with E-state index in [2.05, 4.69) is 4.90 Å². The van der Waals surface area contributed by atoms with E-state index in [0.29, 0.717) is 0 Å². The van der Waals surface area contributed by atoms with Gasteiger partial charge < -0.3 is 9.64 Å². The first-order valence-electron chi connectivity index (χ1n) is 4.64. The van der Waals surface area contributed by atoms with Gasteiger partial charge in [-0.15, -0.1) is 0 Å². The third kappa shape index (κ3) is 2.56. The Labute approximate surface area is 79.4 Å². The standard InChI is InChI=1S/C10H17NO2/c1-8(10(3)12)9(2)11-4-6-13-7-5-11/h4-7H2,1-3H3/b9-8+. The Morgan fingerprint density at radius 1 is 1.15 bits per heavy atom. The molecule has 0 radical (unpaired) electrons. The summed E-state index contributed by atoms with van der Waals surface area (Å²) < 4.78 is 5.24. The Kier molecular flexibility index (Phi) is 3.48. The molecule has 13 heavy (non-hydrogen) atoms. The van der Waals surface area contributed by atoms with Crippen molar-refractivity contribution in [2.75, 3.05) is 26.3 Å². The quantitative estimate of drug-likeness (QED) is 0.602. The van der Waals surface area contributed by atoms with E-state index in [1.807, 2.05) is 13.8 Å². The summed E-state index contributed by atoms with van der Waals surface area (Å²) in [6, 6.07) is 0. The molecule has 0 atom stereocenters. The maximum atomic E-state index is 11.1. The fraction of sp³-hybridized carbons (Fsp3) is 0.700. The van der Waals surface area contributed by atoms with Crippen molar-refractivity contribution in [3.63, 3.8) is 0 Å². The lowest BCUT2D eigenvalue weighted by Crippen LogP contribution is -2.35. The first kappa shape index (κ1) is 10.3. The van der Waals surface area contributed by atoms with Gasteiger partial charge >= 0.3 is 0 Å². The summed E-state index contributed by atoms with van der Waals surface area (Å²) in [5, 5.41) is 0. The zero-order chi connectivity index (χ0) is 9.84. The zero-order valence-electron chi connectivity index (χ0n) is 8.59. The van der Waals surface area contributed by atoms with Crippen molar-refractivity contribution in [1.82, 2.24) is 4.90 Å². The van der Waals surface area contributed by atoms with Gasteiger partial charge in [0.25, 0.3) is 0 Å². The molecule has 0 saturated carbocycles. The van der Waals surface area contributed by atoms with Crippen LogP contribution in [0.15, 0.2) is 11.3 Å². The van der Waals surface area contributed by atoms with Gasteiger partial charge in [-0.25, -0.2) is 0 Å². The van der Waals surface area contributed by atoms with Crippen molar-refractivity contribution in [2.45, 2.75) is 20.8 Å². The van der Waals surface area contributed by atoms with Gasteiger partial charge in [-0.2, -0.15) is 0 Å². The highest BCUT2D eigenvalue weighted by molar-refractivity contribution is 5.93. The van der Waals surface area contributed by atoms with E-state index in [4.69, 9.17) is 4.74 Å². The van der Waals surface area contributed by atoms with Crippen LogP contribution in [0.4, 0.5) is 0 Å². The molecule has 3 heteroatoms. The molecule has 0 amide bonds. The smallest absolute Gasteiger partial charge is 0.157 e. The van der Waals surface area contributed by atoms with Crippen LogP contribution in [0.1, 0.15) is 20.8 Å². The number of rotatable bonds is 2. The van der Waals surface area contributed by atoms with Gasteiger partial charge in [-0.3, -0.25) is 4.79 Å². The summed E-state index contributed by atoms with van der Waals surface area (Å²) >= 11 is 0. The van der Waals surface area contributed by atoms with E-state index in [0.717, 1.165) is 37.6 Å². The molecule has 0 aromatic rings. The fourth-order valence-corrected chi connectivity index (χ4v) is 1.39. The Bertz CT molecular complexity index is 227.